The molecule has 1 saturated carbocycles. The van der Waals surface area contributed by atoms with Gasteiger partial charge in [-0.25, -0.2) is 0 Å². The van der Waals surface area contributed by atoms with Crippen LogP contribution in [-0.2, 0) is 0 Å². The fraction of sp³-hybridized carbons (Fsp3) is 0.571. The van der Waals surface area contributed by atoms with E-state index in [0.29, 0.717) is 6.04 Å². The van der Waals surface area contributed by atoms with Gasteiger partial charge in [0, 0.05) is 11.6 Å². The van der Waals surface area contributed by atoms with Gasteiger partial charge in [-0.1, -0.05) is 24.6 Å². The lowest BCUT2D eigenvalue weighted by Crippen LogP contribution is -2.30. The lowest BCUT2D eigenvalue weighted by atomic mass is 9.77. The van der Waals surface area contributed by atoms with Crippen molar-refractivity contribution in [3.05, 3.63) is 29.8 Å². The number of nitrogens with one attached hydrogen (secondary N) is 1. The summed E-state index contributed by atoms with van der Waals surface area (Å²) < 4.78 is 5.70. The van der Waals surface area contributed by atoms with Gasteiger partial charge < -0.3 is 10.1 Å². The maximum atomic E-state index is 5.70. The minimum atomic E-state index is 0.455. The van der Waals surface area contributed by atoms with Gasteiger partial charge in [-0.15, -0.1) is 0 Å². The van der Waals surface area contributed by atoms with Gasteiger partial charge in [0.1, 0.15) is 5.75 Å². The summed E-state index contributed by atoms with van der Waals surface area (Å²) in [5.74, 6) is 1.82. The standard InChI is InChI=1S/C14H21NO/c1-3-16-13-10-5-4-9-12(13)14(15-2)11-7-6-8-11/h4-5,9-11,14-15H,3,6-8H2,1-2H3. The molecule has 2 rings (SSSR count). The van der Waals surface area contributed by atoms with E-state index >= 15 is 0 Å². The van der Waals surface area contributed by atoms with Gasteiger partial charge in [0.15, 0.2) is 0 Å². The highest BCUT2D eigenvalue weighted by atomic mass is 16.5. The summed E-state index contributed by atoms with van der Waals surface area (Å²) in [7, 11) is 2.05. The molecule has 0 spiro atoms. The number of para-hydroxylation sites is 1. The first-order valence-corrected chi connectivity index (χ1v) is 6.25. The Balaban J connectivity index is 2.21. The normalized spacial score (nSPS) is 17.9. The highest BCUT2D eigenvalue weighted by molar-refractivity contribution is 5.36. The van der Waals surface area contributed by atoms with Crippen LogP contribution in [0.2, 0.25) is 0 Å². The molecule has 0 aromatic heterocycles. The van der Waals surface area contributed by atoms with Crippen molar-refractivity contribution < 1.29 is 4.74 Å². The molecule has 1 aromatic carbocycles. The Morgan fingerprint density at radius 2 is 2.12 bits per heavy atom. The van der Waals surface area contributed by atoms with E-state index in [9.17, 15) is 0 Å². The van der Waals surface area contributed by atoms with Crippen molar-refractivity contribution in [1.29, 1.82) is 0 Å². The van der Waals surface area contributed by atoms with Crippen molar-refractivity contribution in [1.82, 2.24) is 5.32 Å². The van der Waals surface area contributed by atoms with Crippen LogP contribution >= 0.6 is 0 Å². The van der Waals surface area contributed by atoms with E-state index < -0.39 is 0 Å². The molecule has 16 heavy (non-hydrogen) atoms. The highest BCUT2D eigenvalue weighted by Gasteiger charge is 2.28. The molecule has 1 aliphatic carbocycles. The zero-order valence-electron chi connectivity index (χ0n) is 10.2. The fourth-order valence-corrected chi connectivity index (χ4v) is 2.44. The monoisotopic (exact) mass is 219 g/mol. The molecule has 1 N–H and O–H groups in total. The Morgan fingerprint density at radius 1 is 1.38 bits per heavy atom. The summed E-state index contributed by atoms with van der Waals surface area (Å²) >= 11 is 0. The molecule has 0 amide bonds. The molecular weight excluding hydrogens is 198 g/mol. The summed E-state index contributed by atoms with van der Waals surface area (Å²) in [5, 5.41) is 3.44. The second-order valence-corrected chi connectivity index (χ2v) is 4.43. The van der Waals surface area contributed by atoms with Crippen molar-refractivity contribution in [3.8, 4) is 5.75 Å². The molecule has 1 aliphatic rings. The number of benzene rings is 1. The van der Waals surface area contributed by atoms with Gasteiger partial charge in [-0.3, -0.25) is 0 Å². The van der Waals surface area contributed by atoms with Crippen molar-refractivity contribution in [3.63, 3.8) is 0 Å². The molecule has 88 valence electrons. The molecule has 2 heteroatoms. The Bertz CT molecular complexity index is 333. The van der Waals surface area contributed by atoms with Crippen LogP contribution in [0.4, 0.5) is 0 Å². The van der Waals surface area contributed by atoms with Crippen LogP contribution in [0.5, 0.6) is 5.75 Å². The number of hydrogen-bond acceptors (Lipinski definition) is 2. The topological polar surface area (TPSA) is 21.3 Å². The second kappa shape index (κ2) is 5.35. The number of ether oxygens (including phenoxy) is 1. The number of rotatable bonds is 5. The third-order valence-electron chi connectivity index (χ3n) is 3.49. The molecule has 0 saturated heterocycles. The van der Waals surface area contributed by atoms with Crippen LogP contribution in [0.1, 0.15) is 37.8 Å². The van der Waals surface area contributed by atoms with E-state index in [0.717, 1.165) is 18.3 Å². The summed E-state index contributed by atoms with van der Waals surface area (Å²) in [5.41, 5.74) is 1.32. The third kappa shape index (κ3) is 2.22. The largest absolute Gasteiger partial charge is 0.494 e. The highest BCUT2D eigenvalue weighted by Crippen LogP contribution is 2.40. The minimum absolute atomic E-state index is 0.455. The molecule has 0 heterocycles. The smallest absolute Gasteiger partial charge is 0.124 e. The summed E-state index contributed by atoms with van der Waals surface area (Å²) in [4.78, 5) is 0. The average molecular weight is 219 g/mol. The first-order valence-electron chi connectivity index (χ1n) is 6.25. The molecule has 1 aromatic rings. The minimum Gasteiger partial charge on any atom is -0.494 e. The maximum Gasteiger partial charge on any atom is 0.124 e. The maximum absolute atomic E-state index is 5.70. The molecule has 1 fully saturated rings. The Morgan fingerprint density at radius 3 is 2.69 bits per heavy atom. The summed E-state index contributed by atoms with van der Waals surface area (Å²) in [6.07, 6.45) is 4.05. The lowest BCUT2D eigenvalue weighted by molar-refractivity contribution is 0.232. The first-order chi connectivity index (χ1) is 7.86. The quantitative estimate of drug-likeness (QED) is 0.821. The van der Waals surface area contributed by atoms with Gasteiger partial charge >= 0.3 is 0 Å². The first kappa shape index (κ1) is 11.5. The van der Waals surface area contributed by atoms with Crippen LogP contribution in [0.25, 0.3) is 0 Å². The zero-order valence-corrected chi connectivity index (χ0v) is 10.2. The SMILES string of the molecule is CCOc1ccccc1C(NC)C1CCC1. The van der Waals surface area contributed by atoms with Crippen molar-refractivity contribution in [2.24, 2.45) is 5.92 Å². The fourth-order valence-electron chi connectivity index (χ4n) is 2.44. The van der Waals surface area contributed by atoms with Crippen LogP contribution < -0.4 is 10.1 Å². The lowest BCUT2D eigenvalue weighted by Gasteiger charge is -2.34. The molecule has 2 nitrogen and oxygen atoms in total. The van der Waals surface area contributed by atoms with Crippen molar-refractivity contribution in [2.45, 2.75) is 32.2 Å². The average Bonchev–Trinajstić information content (AvgIpc) is 2.25. The van der Waals surface area contributed by atoms with E-state index in [-0.39, 0.29) is 0 Å². The van der Waals surface area contributed by atoms with Crippen LogP contribution in [0.3, 0.4) is 0 Å². The molecular formula is C14H21NO. The van der Waals surface area contributed by atoms with E-state index in [1.807, 2.05) is 20.0 Å². The van der Waals surface area contributed by atoms with Crippen molar-refractivity contribution >= 4 is 0 Å². The predicted molar refractivity (Wildman–Crippen MR) is 66.8 cm³/mol. The summed E-state index contributed by atoms with van der Waals surface area (Å²) in [6.45, 7) is 2.77. The van der Waals surface area contributed by atoms with E-state index in [4.69, 9.17) is 4.74 Å². The zero-order chi connectivity index (χ0) is 11.4. The molecule has 0 aliphatic heterocycles. The molecule has 1 unspecified atom stereocenters. The van der Waals surface area contributed by atoms with Gasteiger partial charge in [0.25, 0.3) is 0 Å². The van der Waals surface area contributed by atoms with Crippen LogP contribution in [0.15, 0.2) is 24.3 Å². The van der Waals surface area contributed by atoms with E-state index in [1.165, 1.54) is 24.8 Å². The van der Waals surface area contributed by atoms with Crippen LogP contribution in [-0.4, -0.2) is 13.7 Å². The molecule has 0 radical (unpaired) electrons. The van der Waals surface area contributed by atoms with Gasteiger partial charge in [0.2, 0.25) is 0 Å². The predicted octanol–water partition coefficient (Wildman–Crippen LogP) is 3.15. The molecule has 0 bridgehead atoms. The summed E-state index contributed by atoms with van der Waals surface area (Å²) in [6, 6.07) is 8.85. The second-order valence-electron chi connectivity index (χ2n) is 4.43. The van der Waals surface area contributed by atoms with Gasteiger partial charge in [-0.2, -0.15) is 0 Å². The third-order valence-corrected chi connectivity index (χ3v) is 3.49. The van der Waals surface area contributed by atoms with Crippen molar-refractivity contribution in [2.75, 3.05) is 13.7 Å². The van der Waals surface area contributed by atoms with Gasteiger partial charge in [0.05, 0.1) is 6.61 Å². The van der Waals surface area contributed by atoms with Crippen LogP contribution in [0, 0.1) is 5.92 Å². The van der Waals surface area contributed by atoms with E-state index in [2.05, 4.69) is 23.5 Å². The Hall–Kier alpha value is -1.02. The Kier molecular flexibility index (Phi) is 3.83. The Labute approximate surface area is 98.0 Å². The van der Waals surface area contributed by atoms with E-state index in [1.54, 1.807) is 0 Å². The molecule has 1 atom stereocenters. The van der Waals surface area contributed by atoms with Gasteiger partial charge in [-0.05, 0) is 38.8 Å². The number of hydrogen-bond donors (Lipinski definition) is 1.